The van der Waals surface area contributed by atoms with E-state index in [-0.39, 0.29) is 5.69 Å². The van der Waals surface area contributed by atoms with Gasteiger partial charge in [0.1, 0.15) is 16.7 Å². The number of H-pyrrole nitrogens is 1. The molecule has 2 aromatic heterocycles. The fourth-order valence-corrected chi connectivity index (χ4v) is 2.47. The third-order valence-electron chi connectivity index (χ3n) is 2.95. The molecule has 7 nitrogen and oxygen atoms in total. The normalized spacial score (nSPS) is 14.6. The van der Waals surface area contributed by atoms with E-state index in [1.807, 2.05) is 13.1 Å². The number of rotatable bonds is 4. The zero-order chi connectivity index (χ0) is 13.4. The van der Waals surface area contributed by atoms with Crippen LogP contribution in [0.5, 0.6) is 0 Å². The average molecular weight is 278 g/mol. The highest BCUT2D eigenvalue weighted by Crippen LogP contribution is 2.39. The quantitative estimate of drug-likeness (QED) is 0.810. The SMILES string of the molecule is CNc1cc(Sc2n[nH]c(=O)n2C)nc(C2CC2)n1. The van der Waals surface area contributed by atoms with Gasteiger partial charge in [0.2, 0.25) is 0 Å². The molecular weight excluding hydrogens is 264 g/mol. The number of hydrogen-bond donors (Lipinski definition) is 2. The molecule has 1 saturated carbocycles. The monoisotopic (exact) mass is 278 g/mol. The Balaban J connectivity index is 1.93. The number of nitrogens with one attached hydrogen (secondary N) is 2. The molecule has 8 heteroatoms. The van der Waals surface area contributed by atoms with Gasteiger partial charge in [0.25, 0.3) is 0 Å². The molecule has 2 aromatic rings. The van der Waals surface area contributed by atoms with E-state index < -0.39 is 0 Å². The van der Waals surface area contributed by atoms with Crippen molar-refractivity contribution < 1.29 is 0 Å². The highest BCUT2D eigenvalue weighted by atomic mass is 32.2. The van der Waals surface area contributed by atoms with Crippen LogP contribution in [0.25, 0.3) is 0 Å². The molecule has 100 valence electrons. The van der Waals surface area contributed by atoms with Gasteiger partial charge in [0.05, 0.1) is 0 Å². The molecule has 1 fully saturated rings. The van der Waals surface area contributed by atoms with Crippen LogP contribution in [0.3, 0.4) is 0 Å². The summed E-state index contributed by atoms with van der Waals surface area (Å²) >= 11 is 1.35. The standard InChI is InChI=1S/C11H14N6OS/c1-12-7-5-8(14-9(13-7)6-3-4-6)19-11-16-15-10(18)17(11)2/h5-6H,3-4H2,1-2H3,(H,15,18)(H,12,13,14). The topological polar surface area (TPSA) is 88.5 Å². The van der Waals surface area contributed by atoms with Gasteiger partial charge in [-0.3, -0.25) is 4.57 Å². The molecule has 0 aliphatic heterocycles. The predicted octanol–water partition coefficient (Wildman–Crippen LogP) is 0.969. The zero-order valence-electron chi connectivity index (χ0n) is 10.7. The molecular formula is C11H14N6OS. The molecule has 0 atom stereocenters. The Kier molecular flexibility index (Phi) is 3.02. The van der Waals surface area contributed by atoms with Crippen LogP contribution in [0.2, 0.25) is 0 Å². The summed E-state index contributed by atoms with van der Waals surface area (Å²) in [5.74, 6) is 2.14. The summed E-state index contributed by atoms with van der Waals surface area (Å²) in [7, 11) is 3.51. The van der Waals surface area contributed by atoms with Crippen molar-refractivity contribution in [3.63, 3.8) is 0 Å². The Morgan fingerprint density at radius 1 is 1.47 bits per heavy atom. The van der Waals surface area contributed by atoms with Gasteiger partial charge in [-0.2, -0.15) is 0 Å². The predicted molar refractivity (Wildman–Crippen MR) is 71.5 cm³/mol. The summed E-state index contributed by atoms with van der Waals surface area (Å²) in [6.45, 7) is 0. The van der Waals surface area contributed by atoms with Crippen molar-refractivity contribution in [2.45, 2.75) is 28.9 Å². The summed E-state index contributed by atoms with van der Waals surface area (Å²) in [5.41, 5.74) is -0.229. The van der Waals surface area contributed by atoms with Crippen molar-refractivity contribution in [3.05, 3.63) is 22.4 Å². The fourth-order valence-electron chi connectivity index (χ4n) is 1.66. The fraction of sp³-hybridized carbons (Fsp3) is 0.455. The highest BCUT2D eigenvalue weighted by molar-refractivity contribution is 7.99. The summed E-state index contributed by atoms with van der Waals surface area (Å²) in [4.78, 5) is 20.3. The van der Waals surface area contributed by atoms with E-state index in [9.17, 15) is 4.79 Å². The van der Waals surface area contributed by atoms with E-state index >= 15 is 0 Å². The lowest BCUT2D eigenvalue weighted by molar-refractivity contribution is 0.763. The molecule has 19 heavy (non-hydrogen) atoms. The molecule has 0 saturated heterocycles. The summed E-state index contributed by atoms with van der Waals surface area (Å²) < 4.78 is 1.46. The maximum atomic E-state index is 11.3. The largest absolute Gasteiger partial charge is 0.373 e. The molecule has 3 rings (SSSR count). The summed E-state index contributed by atoms with van der Waals surface area (Å²) in [6.07, 6.45) is 2.30. The van der Waals surface area contributed by atoms with Crippen molar-refractivity contribution in [2.75, 3.05) is 12.4 Å². The van der Waals surface area contributed by atoms with Gasteiger partial charge in [-0.15, -0.1) is 5.10 Å². The van der Waals surface area contributed by atoms with E-state index in [0.717, 1.165) is 29.5 Å². The molecule has 2 N–H and O–H groups in total. The Labute approximate surface area is 113 Å². The molecule has 0 spiro atoms. The second-order valence-electron chi connectivity index (χ2n) is 4.45. The maximum absolute atomic E-state index is 11.3. The Hall–Kier alpha value is -1.83. The first kappa shape index (κ1) is 12.2. The third-order valence-corrected chi connectivity index (χ3v) is 3.92. The van der Waals surface area contributed by atoms with Crippen LogP contribution in [-0.4, -0.2) is 31.8 Å². The second-order valence-corrected chi connectivity index (χ2v) is 5.43. The smallest absolute Gasteiger partial charge is 0.343 e. The molecule has 0 amide bonds. The minimum absolute atomic E-state index is 0.229. The lowest BCUT2D eigenvalue weighted by Crippen LogP contribution is -2.12. The average Bonchev–Trinajstić information content (AvgIpc) is 3.22. The van der Waals surface area contributed by atoms with E-state index in [4.69, 9.17) is 0 Å². The van der Waals surface area contributed by atoms with Gasteiger partial charge in [-0.05, 0) is 24.6 Å². The van der Waals surface area contributed by atoms with Crippen molar-refractivity contribution in [2.24, 2.45) is 7.05 Å². The first-order valence-electron chi connectivity index (χ1n) is 6.03. The zero-order valence-corrected chi connectivity index (χ0v) is 11.5. The Morgan fingerprint density at radius 3 is 2.84 bits per heavy atom. The number of hydrogen-bond acceptors (Lipinski definition) is 6. The van der Waals surface area contributed by atoms with Crippen LogP contribution in [0.15, 0.2) is 21.0 Å². The number of aromatic nitrogens is 5. The second kappa shape index (κ2) is 4.69. The van der Waals surface area contributed by atoms with Gasteiger partial charge in [0, 0.05) is 26.1 Å². The first-order chi connectivity index (χ1) is 9.17. The Bertz CT molecular complexity index is 659. The molecule has 2 heterocycles. The summed E-state index contributed by atoms with van der Waals surface area (Å²) in [6, 6.07) is 1.86. The maximum Gasteiger partial charge on any atom is 0.343 e. The first-order valence-corrected chi connectivity index (χ1v) is 6.85. The van der Waals surface area contributed by atoms with Crippen molar-refractivity contribution in [3.8, 4) is 0 Å². The van der Waals surface area contributed by atoms with Crippen LogP contribution in [0.1, 0.15) is 24.6 Å². The van der Waals surface area contributed by atoms with E-state index in [0.29, 0.717) is 11.1 Å². The van der Waals surface area contributed by atoms with Crippen LogP contribution >= 0.6 is 11.8 Å². The van der Waals surface area contributed by atoms with Gasteiger partial charge in [0.15, 0.2) is 5.16 Å². The molecule has 1 aliphatic rings. The van der Waals surface area contributed by atoms with Crippen LogP contribution in [0, 0.1) is 0 Å². The van der Waals surface area contributed by atoms with Crippen LogP contribution in [-0.2, 0) is 7.05 Å². The van der Waals surface area contributed by atoms with Gasteiger partial charge < -0.3 is 5.32 Å². The molecule has 0 aromatic carbocycles. The van der Waals surface area contributed by atoms with Crippen molar-refractivity contribution in [1.29, 1.82) is 0 Å². The Morgan fingerprint density at radius 2 is 2.26 bits per heavy atom. The third kappa shape index (κ3) is 2.48. The molecule has 1 aliphatic carbocycles. The van der Waals surface area contributed by atoms with Crippen LogP contribution < -0.4 is 11.0 Å². The van der Waals surface area contributed by atoms with Crippen LogP contribution in [0.4, 0.5) is 5.82 Å². The van der Waals surface area contributed by atoms with Gasteiger partial charge in [-0.25, -0.2) is 19.9 Å². The minimum atomic E-state index is -0.229. The van der Waals surface area contributed by atoms with E-state index in [1.165, 1.54) is 16.3 Å². The highest BCUT2D eigenvalue weighted by Gasteiger charge is 2.27. The molecule has 0 radical (unpaired) electrons. The number of aromatic amines is 1. The van der Waals surface area contributed by atoms with Gasteiger partial charge >= 0.3 is 5.69 Å². The molecule has 0 unspecified atom stereocenters. The van der Waals surface area contributed by atoms with E-state index in [2.05, 4.69) is 25.5 Å². The van der Waals surface area contributed by atoms with E-state index in [1.54, 1.807) is 7.05 Å². The van der Waals surface area contributed by atoms with Crippen molar-refractivity contribution in [1.82, 2.24) is 24.7 Å². The lowest BCUT2D eigenvalue weighted by atomic mass is 10.4. The summed E-state index contributed by atoms with van der Waals surface area (Å²) in [5, 5.41) is 10.8. The van der Waals surface area contributed by atoms with Gasteiger partial charge in [-0.1, -0.05) is 0 Å². The lowest BCUT2D eigenvalue weighted by Gasteiger charge is -2.06. The van der Waals surface area contributed by atoms with Crippen molar-refractivity contribution >= 4 is 17.6 Å². The number of nitrogens with zero attached hydrogens (tertiary/aromatic N) is 4. The number of anilines is 1. The molecule has 0 bridgehead atoms. The minimum Gasteiger partial charge on any atom is -0.373 e.